The van der Waals surface area contributed by atoms with E-state index in [0.717, 1.165) is 36.2 Å². The molecule has 2 N–H and O–H groups in total. The molecule has 20 heavy (non-hydrogen) atoms. The van der Waals surface area contributed by atoms with Gasteiger partial charge in [-0.15, -0.1) is 0 Å². The van der Waals surface area contributed by atoms with Crippen molar-refractivity contribution in [1.29, 1.82) is 0 Å². The standard InChI is InChI=1S/C15H19N3O2/c1-2-20-14(19)10-7-8-11(9-10)16-15-17-12-5-3-4-6-13(12)18-15/h3-6,10-11H,2,7-9H2,1H3,(H2,16,17,18). The average Bonchev–Trinajstić information content (AvgIpc) is 3.05. The number of H-pyrrole nitrogens is 1. The molecular weight excluding hydrogens is 254 g/mol. The SMILES string of the molecule is CCOC(=O)C1CCC(Nc2nc3ccccc3[nH]2)C1. The van der Waals surface area contributed by atoms with Crippen molar-refractivity contribution in [2.75, 3.05) is 11.9 Å². The maximum atomic E-state index is 11.7. The molecule has 3 rings (SSSR count). The van der Waals surface area contributed by atoms with Crippen molar-refractivity contribution in [3.63, 3.8) is 0 Å². The molecule has 1 saturated carbocycles. The molecule has 0 saturated heterocycles. The summed E-state index contributed by atoms with van der Waals surface area (Å²) in [7, 11) is 0. The summed E-state index contributed by atoms with van der Waals surface area (Å²) in [5.74, 6) is 0.735. The lowest BCUT2D eigenvalue weighted by Gasteiger charge is -2.11. The molecule has 1 heterocycles. The van der Waals surface area contributed by atoms with Gasteiger partial charge in [0, 0.05) is 6.04 Å². The van der Waals surface area contributed by atoms with E-state index in [1.807, 2.05) is 31.2 Å². The van der Waals surface area contributed by atoms with Gasteiger partial charge in [0.05, 0.1) is 23.6 Å². The Bertz CT molecular complexity index is 575. The number of carbonyl (C=O) groups is 1. The highest BCUT2D eigenvalue weighted by Crippen LogP contribution is 2.29. The Morgan fingerprint density at radius 1 is 1.45 bits per heavy atom. The van der Waals surface area contributed by atoms with E-state index < -0.39 is 0 Å². The van der Waals surface area contributed by atoms with Crippen LogP contribution in [0.2, 0.25) is 0 Å². The number of nitrogens with zero attached hydrogens (tertiary/aromatic N) is 1. The van der Waals surface area contributed by atoms with E-state index >= 15 is 0 Å². The van der Waals surface area contributed by atoms with E-state index in [1.165, 1.54) is 0 Å². The fourth-order valence-corrected chi connectivity index (χ4v) is 2.80. The smallest absolute Gasteiger partial charge is 0.308 e. The van der Waals surface area contributed by atoms with E-state index in [0.29, 0.717) is 6.61 Å². The van der Waals surface area contributed by atoms with Crippen molar-refractivity contribution in [2.45, 2.75) is 32.2 Å². The van der Waals surface area contributed by atoms with Crippen LogP contribution in [0.15, 0.2) is 24.3 Å². The van der Waals surface area contributed by atoms with Crippen LogP contribution in [0.1, 0.15) is 26.2 Å². The zero-order valence-corrected chi connectivity index (χ0v) is 11.6. The van der Waals surface area contributed by atoms with Gasteiger partial charge in [0.25, 0.3) is 0 Å². The summed E-state index contributed by atoms with van der Waals surface area (Å²) >= 11 is 0. The van der Waals surface area contributed by atoms with E-state index in [4.69, 9.17) is 4.74 Å². The van der Waals surface area contributed by atoms with Crippen molar-refractivity contribution in [1.82, 2.24) is 9.97 Å². The molecule has 1 aromatic carbocycles. The lowest BCUT2D eigenvalue weighted by Crippen LogP contribution is -2.20. The van der Waals surface area contributed by atoms with E-state index in [1.54, 1.807) is 0 Å². The average molecular weight is 273 g/mol. The fourth-order valence-electron chi connectivity index (χ4n) is 2.80. The molecule has 2 unspecified atom stereocenters. The molecule has 1 aromatic heterocycles. The van der Waals surface area contributed by atoms with Gasteiger partial charge in [-0.3, -0.25) is 4.79 Å². The van der Waals surface area contributed by atoms with Crippen LogP contribution in [0.5, 0.6) is 0 Å². The summed E-state index contributed by atoms with van der Waals surface area (Å²) in [6.45, 7) is 2.30. The van der Waals surface area contributed by atoms with E-state index in [9.17, 15) is 4.79 Å². The van der Waals surface area contributed by atoms with Crippen molar-refractivity contribution in [3.8, 4) is 0 Å². The third-order valence-corrected chi connectivity index (χ3v) is 3.78. The molecular formula is C15H19N3O2. The summed E-state index contributed by atoms with van der Waals surface area (Å²) < 4.78 is 5.08. The van der Waals surface area contributed by atoms with Gasteiger partial charge in [-0.1, -0.05) is 12.1 Å². The van der Waals surface area contributed by atoms with Crippen molar-refractivity contribution >= 4 is 23.0 Å². The van der Waals surface area contributed by atoms with Gasteiger partial charge in [-0.2, -0.15) is 0 Å². The zero-order chi connectivity index (χ0) is 13.9. The first-order valence-corrected chi connectivity index (χ1v) is 7.14. The number of hydrogen-bond acceptors (Lipinski definition) is 4. The normalized spacial score (nSPS) is 22.1. The van der Waals surface area contributed by atoms with Crippen LogP contribution in [0.4, 0.5) is 5.95 Å². The van der Waals surface area contributed by atoms with Gasteiger partial charge in [-0.25, -0.2) is 4.98 Å². The van der Waals surface area contributed by atoms with Crippen LogP contribution in [-0.2, 0) is 9.53 Å². The second-order valence-electron chi connectivity index (χ2n) is 5.21. The number of ether oxygens (including phenoxy) is 1. The Balaban J connectivity index is 1.63. The molecule has 0 spiro atoms. The van der Waals surface area contributed by atoms with Gasteiger partial charge < -0.3 is 15.0 Å². The van der Waals surface area contributed by atoms with Crippen LogP contribution >= 0.6 is 0 Å². The Labute approximate surface area is 117 Å². The first kappa shape index (κ1) is 13.0. The summed E-state index contributed by atoms with van der Waals surface area (Å²) in [6.07, 6.45) is 2.67. The number of aromatic nitrogens is 2. The molecule has 1 aliphatic carbocycles. The highest BCUT2D eigenvalue weighted by Gasteiger charge is 2.31. The lowest BCUT2D eigenvalue weighted by atomic mass is 10.1. The molecule has 5 heteroatoms. The Kier molecular flexibility index (Phi) is 3.58. The quantitative estimate of drug-likeness (QED) is 0.840. The summed E-state index contributed by atoms with van der Waals surface area (Å²) in [5.41, 5.74) is 1.98. The second-order valence-corrected chi connectivity index (χ2v) is 5.21. The third kappa shape index (κ3) is 2.61. The van der Waals surface area contributed by atoms with Gasteiger partial charge in [0.2, 0.25) is 5.95 Å². The number of rotatable bonds is 4. The minimum Gasteiger partial charge on any atom is -0.466 e. The topological polar surface area (TPSA) is 67.0 Å². The Hall–Kier alpha value is -2.04. The number of anilines is 1. The number of hydrogen-bond donors (Lipinski definition) is 2. The molecule has 1 fully saturated rings. The predicted molar refractivity (Wildman–Crippen MR) is 77.5 cm³/mol. The maximum Gasteiger partial charge on any atom is 0.308 e. The van der Waals surface area contributed by atoms with Crippen LogP contribution in [-0.4, -0.2) is 28.6 Å². The highest BCUT2D eigenvalue weighted by molar-refractivity contribution is 5.77. The van der Waals surface area contributed by atoms with Gasteiger partial charge in [-0.05, 0) is 38.3 Å². The Morgan fingerprint density at radius 3 is 3.10 bits per heavy atom. The molecule has 0 amide bonds. The molecule has 5 nitrogen and oxygen atoms in total. The van der Waals surface area contributed by atoms with Crippen LogP contribution in [0.3, 0.4) is 0 Å². The molecule has 2 aromatic rings. The fraction of sp³-hybridized carbons (Fsp3) is 0.467. The molecule has 0 radical (unpaired) electrons. The second kappa shape index (κ2) is 5.53. The van der Waals surface area contributed by atoms with Crippen molar-refractivity contribution < 1.29 is 9.53 Å². The molecule has 1 aliphatic rings. The number of esters is 1. The van der Waals surface area contributed by atoms with E-state index in [2.05, 4.69) is 15.3 Å². The number of aromatic amines is 1. The number of para-hydroxylation sites is 2. The minimum atomic E-state index is -0.0681. The summed E-state index contributed by atoms with van der Waals surface area (Å²) in [5, 5.41) is 3.38. The Morgan fingerprint density at radius 2 is 2.30 bits per heavy atom. The number of carbonyl (C=O) groups excluding carboxylic acids is 1. The predicted octanol–water partition coefficient (Wildman–Crippen LogP) is 2.71. The van der Waals surface area contributed by atoms with Gasteiger partial charge >= 0.3 is 5.97 Å². The zero-order valence-electron chi connectivity index (χ0n) is 11.6. The van der Waals surface area contributed by atoms with Crippen molar-refractivity contribution in [3.05, 3.63) is 24.3 Å². The van der Waals surface area contributed by atoms with Crippen molar-refractivity contribution in [2.24, 2.45) is 5.92 Å². The molecule has 0 aliphatic heterocycles. The lowest BCUT2D eigenvalue weighted by molar-refractivity contribution is -0.147. The monoisotopic (exact) mass is 273 g/mol. The number of fused-ring (bicyclic) bond motifs is 1. The van der Waals surface area contributed by atoms with Gasteiger partial charge in [0.1, 0.15) is 0 Å². The molecule has 2 atom stereocenters. The van der Waals surface area contributed by atoms with Crippen LogP contribution in [0.25, 0.3) is 11.0 Å². The number of imidazole rings is 1. The first-order chi connectivity index (χ1) is 9.76. The number of benzene rings is 1. The minimum absolute atomic E-state index is 0.0248. The molecule has 0 bridgehead atoms. The van der Waals surface area contributed by atoms with Gasteiger partial charge in [0.15, 0.2) is 0 Å². The number of nitrogens with one attached hydrogen (secondary N) is 2. The maximum absolute atomic E-state index is 11.7. The molecule has 106 valence electrons. The highest BCUT2D eigenvalue weighted by atomic mass is 16.5. The third-order valence-electron chi connectivity index (χ3n) is 3.78. The first-order valence-electron chi connectivity index (χ1n) is 7.14. The largest absolute Gasteiger partial charge is 0.466 e. The summed E-state index contributed by atoms with van der Waals surface area (Å²) in [4.78, 5) is 19.5. The van der Waals surface area contributed by atoms with E-state index in [-0.39, 0.29) is 17.9 Å². The summed E-state index contributed by atoms with van der Waals surface area (Å²) in [6, 6.07) is 8.22. The van der Waals surface area contributed by atoms with Crippen LogP contribution < -0.4 is 5.32 Å². The van der Waals surface area contributed by atoms with Crippen LogP contribution in [0, 0.1) is 5.92 Å².